The fourth-order valence-electron chi connectivity index (χ4n) is 2.87. The molecule has 0 bridgehead atoms. The van der Waals surface area contributed by atoms with Crippen molar-refractivity contribution in [1.29, 1.82) is 0 Å². The van der Waals surface area contributed by atoms with Crippen LogP contribution >= 0.6 is 11.3 Å². The second-order valence-electron chi connectivity index (χ2n) is 6.28. The molecule has 5 heteroatoms. The highest BCUT2D eigenvalue weighted by Gasteiger charge is 2.50. The van der Waals surface area contributed by atoms with Gasteiger partial charge in [-0.25, -0.2) is 0 Å². The number of carbonyl (C=O) groups excluding carboxylic acids is 2. The van der Waals surface area contributed by atoms with Gasteiger partial charge in [0, 0.05) is 6.54 Å². The van der Waals surface area contributed by atoms with E-state index in [9.17, 15) is 9.59 Å². The van der Waals surface area contributed by atoms with Crippen LogP contribution in [0.15, 0.2) is 16.8 Å². The number of nitrogens with one attached hydrogen (secondary N) is 1. The molecule has 3 rings (SSSR count). The van der Waals surface area contributed by atoms with E-state index >= 15 is 0 Å². The summed E-state index contributed by atoms with van der Waals surface area (Å²) in [6.45, 7) is 4.20. The zero-order valence-electron chi connectivity index (χ0n) is 11.9. The molecule has 2 aliphatic rings. The molecule has 1 saturated carbocycles. The summed E-state index contributed by atoms with van der Waals surface area (Å²) in [7, 11) is 0. The van der Waals surface area contributed by atoms with Gasteiger partial charge in [0.2, 0.25) is 11.8 Å². The van der Waals surface area contributed by atoms with Crippen molar-refractivity contribution in [2.45, 2.75) is 44.7 Å². The van der Waals surface area contributed by atoms with Crippen LogP contribution in [0.25, 0.3) is 0 Å². The minimum absolute atomic E-state index is 0.0161. The Balaban J connectivity index is 1.78. The van der Waals surface area contributed by atoms with Gasteiger partial charge in [-0.15, -0.1) is 0 Å². The maximum Gasteiger partial charge on any atom is 0.248 e. The Kier molecular flexibility index (Phi) is 3.32. The first-order valence-electron chi connectivity index (χ1n) is 7.13. The van der Waals surface area contributed by atoms with Crippen LogP contribution in [0.2, 0.25) is 0 Å². The molecular weight excluding hydrogens is 272 g/mol. The van der Waals surface area contributed by atoms with E-state index in [-0.39, 0.29) is 17.9 Å². The molecule has 2 amide bonds. The van der Waals surface area contributed by atoms with Crippen LogP contribution < -0.4 is 5.32 Å². The van der Waals surface area contributed by atoms with Crippen LogP contribution in [0.5, 0.6) is 0 Å². The molecule has 1 aromatic heterocycles. The molecule has 1 aliphatic heterocycles. The zero-order valence-corrected chi connectivity index (χ0v) is 12.7. The summed E-state index contributed by atoms with van der Waals surface area (Å²) in [5.41, 5.74) is 0.457. The van der Waals surface area contributed by atoms with Crippen molar-refractivity contribution in [3.8, 4) is 0 Å². The number of rotatable bonds is 4. The average molecular weight is 292 g/mol. The Morgan fingerprint density at radius 2 is 2.15 bits per heavy atom. The molecule has 1 aliphatic carbocycles. The predicted molar refractivity (Wildman–Crippen MR) is 78.5 cm³/mol. The summed E-state index contributed by atoms with van der Waals surface area (Å²) < 4.78 is 0. The third-order valence-electron chi connectivity index (χ3n) is 4.13. The minimum Gasteiger partial charge on any atom is -0.340 e. The first kappa shape index (κ1) is 13.6. The van der Waals surface area contributed by atoms with Gasteiger partial charge in [0.05, 0.1) is 0 Å². The van der Waals surface area contributed by atoms with Crippen LogP contribution in [-0.4, -0.2) is 34.8 Å². The number of carbonyl (C=O) groups is 2. The van der Waals surface area contributed by atoms with Crippen molar-refractivity contribution in [2.24, 2.45) is 5.92 Å². The molecule has 0 aromatic carbocycles. The van der Waals surface area contributed by atoms with Gasteiger partial charge in [0.25, 0.3) is 0 Å². The van der Waals surface area contributed by atoms with Crippen LogP contribution in [0.4, 0.5) is 0 Å². The number of amides is 2. The van der Waals surface area contributed by atoms with E-state index in [2.05, 4.69) is 16.8 Å². The second kappa shape index (κ2) is 4.88. The third kappa shape index (κ3) is 2.46. The third-order valence-corrected chi connectivity index (χ3v) is 4.86. The first-order chi connectivity index (χ1) is 9.49. The van der Waals surface area contributed by atoms with E-state index in [0.717, 1.165) is 19.3 Å². The summed E-state index contributed by atoms with van der Waals surface area (Å²) >= 11 is 1.66. The summed E-state index contributed by atoms with van der Waals surface area (Å²) in [6, 6.07) is 1.82. The van der Waals surface area contributed by atoms with Crippen molar-refractivity contribution in [3.05, 3.63) is 22.4 Å². The van der Waals surface area contributed by atoms with Crippen molar-refractivity contribution in [1.82, 2.24) is 10.2 Å². The SMILES string of the molecule is CC1(C)NC(=O)C(C2CC2)N(CCc2ccsc2)C1=O. The van der Waals surface area contributed by atoms with Crippen molar-refractivity contribution in [3.63, 3.8) is 0 Å². The van der Waals surface area contributed by atoms with Crippen LogP contribution in [0.3, 0.4) is 0 Å². The van der Waals surface area contributed by atoms with E-state index in [0.29, 0.717) is 12.5 Å². The van der Waals surface area contributed by atoms with Gasteiger partial charge in [0.1, 0.15) is 11.6 Å². The molecule has 1 atom stereocenters. The molecule has 1 saturated heterocycles. The summed E-state index contributed by atoms with van der Waals surface area (Å²) in [5.74, 6) is 0.421. The Hall–Kier alpha value is -1.36. The normalized spacial score (nSPS) is 25.7. The van der Waals surface area contributed by atoms with Crippen LogP contribution in [-0.2, 0) is 16.0 Å². The molecule has 1 N–H and O–H groups in total. The Morgan fingerprint density at radius 1 is 1.40 bits per heavy atom. The molecule has 2 heterocycles. The summed E-state index contributed by atoms with van der Waals surface area (Å²) in [6.07, 6.45) is 2.93. The maximum atomic E-state index is 12.6. The van der Waals surface area contributed by atoms with Gasteiger partial charge in [-0.1, -0.05) is 0 Å². The van der Waals surface area contributed by atoms with Crippen molar-refractivity contribution in [2.75, 3.05) is 6.54 Å². The van der Waals surface area contributed by atoms with E-state index in [1.165, 1.54) is 5.56 Å². The Morgan fingerprint density at radius 3 is 2.75 bits per heavy atom. The summed E-state index contributed by atoms with van der Waals surface area (Å²) in [5, 5.41) is 7.02. The number of hydrogen-bond donors (Lipinski definition) is 1. The summed E-state index contributed by atoms with van der Waals surface area (Å²) in [4.78, 5) is 26.7. The Labute approximate surface area is 123 Å². The zero-order chi connectivity index (χ0) is 14.3. The lowest BCUT2D eigenvalue weighted by Crippen LogP contribution is -2.68. The molecule has 20 heavy (non-hydrogen) atoms. The smallest absolute Gasteiger partial charge is 0.248 e. The quantitative estimate of drug-likeness (QED) is 0.920. The van der Waals surface area contributed by atoms with E-state index in [4.69, 9.17) is 0 Å². The molecule has 1 unspecified atom stereocenters. The van der Waals surface area contributed by atoms with Crippen molar-refractivity contribution >= 4 is 23.2 Å². The van der Waals surface area contributed by atoms with Gasteiger partial charge in [0.15, 0.2) is 0 Å². The highest BCUT2D eigenvalue weighted by molar-refractivity contribution is 7.07. The van der Waals surface area contributed by atoms with E-state index in [1.54, 1.807) is 25.2 Å². The van der Waals surface area contributed by atoms with E-state index in [1.807, 2.05) is 10.3 Å². The highest BCUT2D eigenvalue weighted by atomic mass is 32.1. The van der Waals surface area contributed by atoms with Crippen LogP contribution in [0.1, 0.15) is 32.3 Å². The molecule has 2 fully saturated rings. The molecule has 4 nitrogen and oxygen atoms in total. The fraction of sp³-hybridized carbons (Fsp3) is 0.600. The van der Waals surface area contributed by atoms with Gasteiger partial charge in [-0.05, 0) is 61.4 Å². The predicted octanol–water partition coefficient (Wildman–Crippen LogP) is 1.81. The van der Waals surface area contributed by atoms with Crippen LogP contribution in [0, 0.1) is 5.92 Å². The standard InChI is InChI=1S/C15H20N2O2S/c1-15(2)14(19)17(7-5-10-6-8-20-9-10)12(11-3-4-11)13(18)16-15/h6,8-9,11-12H,3-5,7H2,1-2H3,(H,16,18). The number of nitrogens with zero attached hydrogens (tertiary/aromatic N) is 1. The van der Waals surface area contributed by atoms with Gasteiger partial charge >= 0.3 is 0 Å². The van der Waals surface area contributed by atoms with E-state index < -0.39 is 5.54 Å². The topological polar surface area (TPSA) is 49.4 Å². The number of thiophene rings is 1. The van der Waals surface area contributed by atoms with Gasteiger partial charge < -0.3 is 10.2 Å². The monoisotopic (exact) mass is 292 g/mol. The lowest BCUT2D eigenvalue weighted by atomic mass is 9.94. The second-order valence-corrected chi connectivity index (χ2v) is 7.06. The average Bonchev–Trinajstić information content (AvgIpc) is 3.06. The van der Waals surface area contributed by atoms with Gasteiger partial charge in [-0.2, -0.15) is 11.3 Å². The Bertz CT molecular complexity index is 520. The molecule has 0 radical (unpaired) electrons. The fourth-order valence-corrected chi connectivity index (χ4v) is 3.57. The lowest BCUT2D eigenvalue weighted by Gasteiger charge is -2.43. The highest BCUT2D eigenvalue weighted by Crippen LogP contribution is 2.38. The number of piperazine rings is 1. The first-order valence-corrected chi connectivity index (χ1v) is 8.07. The maximum absolute atomic E-state index is 12.6. The number of hydrogen-bond acceptors (Lipinski definition) is 3. The largest absolute Gasteiger partial charge is 0.340 e. The lowest BCUT2D eigenvalue weighted by molar-refractivity contribution is -0.154. The molecule has 108 valence electrons. The molecule has 0 spiro atoms. The minimum atomic E-state index is -0.781. The van der Waals surface area contributed by atoms with Gasteiger partial charge in [-0.3, -0.25) is 9.59 Å². The molecule has 1 aromatic rings. The molecular formula is C15H20N2O2S. The van der Waals surface area contributed by atoms with Crippen molar-refractivity contribution < 1.29 is 9.59 Å².